The van der Waals surface area contributed by atoms with Crippen molar-refractivity contribution in [3.63, 3.8) is 0 Å². The van der Waals surface area contributed by atoms with Crippen molar-refractivity contribution in [3.8, 4) is 0 Å². The Morgan fingerprint density at radius 2 is 2.40 bits per heavy atom. The van der Waals surface area contributed by atoms with Crippen LogP contribution < -0.4 is 11.1 Å². The van der Waals surface area contributed by atoms with Crippen molar-refractivity contribution in [1.29, 1.82) is 0 Å². The van der Waals surface area contributed by atoms with Crippen molar-refractivity contribution in [2.24, 2.45) is 0 Å². The standard InChI is InChI=1S/C14H19ClN2O2S/c15-10-3-4-12(16)13(8-10)17-14(18)5-7-20-9-11-2-1-6-19-11/h3-4,8,11H,1-2,5-7,9,16H2,(H,17,18). The molecule has 110 valence electrons. The van der Waals surface area contributed by atoms with E-state index in [1.165, 1.54) is 0 Å². The van der Waals surface area contributed by atoms with Gasteiger partial charge in [0.15, 0.2) is 0 Å². The Labute approximate surface area is 128 Å². The molecule has 1 saturated heterocycles. The number of rotatable bonds is 6. The summed E-state index contributed by atoms with van der Waals surface area (Å²) in [7, 11) is 0. The summed E-state index contributed by atoms with van der Waals surface area (Å²) in [5.74, 6) is 1.71. The predicted octanol–water partition coefficient (Wildman–Crippen LogP) is 3.16. The lowest BCUT2D eigenvalue weighted by atomic mass is 10.2. The van der Waals surface area contributed by atoms with Crippen LogP contribution in [0.2, 0.25) is 5.02 Å². The number of carbonyl (C=O) groups is 1. The van der Waals surface area contributed by atoms with Crippen molar-refractivity contribution in [2.45, 2.75) is 25.4 Å². The van der Waals surface area contributed by atoms with E-state index in [-0.39, 0.29) is 5.91 Å². The van der Waals surface area contributed by atoms with Gasteiger partial charge in [0, 0.05) is 29.6 Å². The van der Waals surface area contributed by atoms with Gasteiger partial charge in [0.1, 0.15) is 0 Å². The molecule has 4 nitrogen and oxygen atoms in total. The van der Waals surface area contributed by atoms with E-state index in [4.69, 9.17) is 22.1 Å². The van der Waals surface area contributed by atoms with Gasteiger partial charge in [-0.1, -0.05) is 11.6 Å². The molecule has 0 aromatic heterocycles. The first kappa shape index (κ1) is 15.5. The highest BCUT2D eigenvalue weighted by Gasteiger charge is 2.15. The lowest BCUT2D eigenvalue weighted by Crippen LogP contribution is -2.14. The van der Waals surface area contributed by atoms with Crippen LogP contribution in [0.25, 0.3) is 0 Å². The van der Waals surface area contributed by atoms with Gasteiger partial charge in [-0.15, -0.1) is 0 Å². The molecule has 1 aromatic rings. The Bertz CT molecular complexity index is 464. The van der Waals surface area contributed by atoms with Gasteiger partial charge in [-0.2, -0.15) is 11.8 Å². The topological polar surface area (TPSA) is 64.3 Å². The summed E-state index contributed by atoms with van der Waals surface area (Å²) in [5, 5.41) is 3.34. The zero-order chi connectivity index (χ0) is 14.4. The van der Waals surface area contributed by atoms with Gasteiger partial charge in [-0.25, -0.2) is 0 Å². The molecule has 1 atom stereocenters. The highest BCUT2D eigenvalue weighted by Crippen LogP contribution is 2.23. The van der Waals surface area contributed by atoms with E-state index >= 15 is 0 Å². The zero-order valence-electron chi connectivity index (χ0n) is 11.2. The van der Waals surface area contributed by atoms with Crippen LogP contribution in [-0.2, 0) is 9.53 Å². The van der Waals surface area contributed by atoms with E-state index in [9.17, 15) is 4.79 Å². The monoisotopic (exact) mass is 314 g/mol. The van der Waals surface area contributed by atoms with Gasteiger partial charge in [-0.3, -0.25) is 4.79 Å². The quantitative estimate of drug-likeness (QED) is 0.625. The van der Waals surface area contributed by atoms with Crippen molar-refractivity contribution >= 4 is 40.6 Å². The van der Waals surface area contributed by atoms with Gasteiger partial charge in [-0.05, 0) is 31.0 Å². The van der Waals surface area contributed by atoms with Gasteiger partial charge < -0.3 is 15.8 Å². The molecule has 1 aliphatic rings. The number of halogens is 1. The first-order valence-corrected chi connectivity index (χ1v) is 8.22. The van der Waals surface area contributed by atoms with Crippen LogP contribution >= 0.6 is 23.4 Å². The molecule has 1 fully saturated rings. The van der Waals surface area contributed by atoms with Crippen molar-refractivity contribution in [3.05, 3.63) is 23.2 Å². The Morgan fingerprint density at radius 3 is 3.15 bits per heavy atom. The molecule has 1 aliphatic heterocycles. The van der Waals surface area contributed by atoms with Crippen molar-refractivity contribution in [2.75, 3.05) is 29.2 Å². The molecular weight excluding hydrogens is 296 g/mol. The summed E-state index contributed by atoms with van der Waals surface area (Å²) in [5.41, 5.74) is 6.88. The second kappa shape index (κ2) is 7.76. The van der Waals surface area contributed by atoms with Crippen LogP contribution in [0.4, 0.5) is 11.4 Å². The van der Waals surface area contributed by atoms with E-state index in [0.717, 1.165) is 31.0 Å². The van der Waals surface area contributed by atoms with Gasteiger partial charge >= 0.3 is 0 Å². The van der Waals surface area contributed by atoms with Crippen LogP contribution in [0, 0.1) is 0 Å². The Hall–Kier alpha value is -0.910. The van der Waals surface area contributed by atoms with Crippen LogP contribution in [0.1, 0.15) is 19.3 Å². The number of nitrogen functional groups attached to an aromatic ring is 1. The number of thioether (sulfide) groups is 1. The normalized spacial score (nSPS) is 18.1. The molecular formula is C14H19ClN2O2S. The molecule has 1 amide bonds. The van der Waals surface area contributed by atoms with E-state index in [1.807, 2.05) is 0 Å². The number of ether oxygens (including phenoxy) is 1. The van der Waals surface area contributed by atoms with Crippen molar-refractivity contribution < 1.29 is 9.53 Å². The smallest absolute Gasteiger partial charge is 0.225 e. The molecule has 2 rings (SSSR count). The van der Waals surface area contributed by atoms with Crippen LogP contribution in [-0.4, -0.2) is 30.1 Å². The van der Waals surface area contributed by atoms with Gasteiger partial charge in [0.2, 0.25) is 5.91 Å². The molecule has 1 heterocycles. The molecule has 3 N–H and O–H groups in total. The maximum absolute atomic E-state index is 11.8. The summed E-state index contributed by atoms with van der Waals surface area (Å²) < 4.78 is 5.53. The van der Waals surface area contributed by atoms with Crippen molar-refractivity contribution in [1.82, 2.24) is 0 Å². The fourth-order valence-corrected chi connectivity index (χ4v) is 3.20. The lowest BCUT2D eigenvalue weighted by Gasteiger charge is -2.10. The number of carbonyl (C=O) groups excluding carboxylic acids is 1. The largest absolute Gasteiger partial charge is 0.397 e. The third kappa shape index (κ3) is 4.89. The predicted molar refractivity (Wildman–Crippen MR) is 85.4 cm³/mol. The van der Waals surface area contributed by atoms with E-state index in [0.29, 0.717) is 28.9 Å². The summed E-state index contributed by atoms with van der Waals surface area (Å²) in [6, 6.07) is 5.04. The van der Waals surface area contributed by atoms with Crippen LogP contribution in [0.15, 0.2) is 18.2 Å². The molecule has 0 saturated carbocycles. The Kier molecular flexibility index (Phi) is 6.01. The lowest BCUT2D eigenvalue weighted by molar-refractivity contribution is -0.115. The number of amides is 1. The maximum atomic E-state index is 11.8. The molecule has 6 heteroatoms. The first-order valence-electron chi connectivity index (χ1n) is 6.69. The van der Waals surface area contributed by atoms with Crippen LogP contribution in [0.5, 0.6) is 0 Å². The van der Waals surface area contributed by atoms with E-state index in [2.05, 4.69) is 5.32 Å². The highest BCUT2D eigenvalue weighted by atomic mass is 35.5. The molecule has 0 aliphatic carbocycles. The van der Waals surface area contributed by atoms with E-state index in [1.54, 1.807) is 30.0 Å². The average Bonchev–Trinajstić information content (AvgIpc) is 2.92. The molecule has 20 heavy (non-hydrogen) atoms. The summed E-state index contributed by atoms with van der Waals surface area (Å²) >= 11 is 7.63. The number of nitrogens with one attached hydrogen (secondary N) is 1. The zero-order valence-corrected chi connectivity index (χ0v) is 12.8. The van der Waals surface area contributed by atoms with Gasteiger partial charge in [0.05, 0.1) is 17.5 Å². The number of anilines is 2. The SMILES string of the molecule is Nc1ccc(Cl)cc1NC(=O)CCSCC1CCCO1. The third-order valence-electron chi connectivity index (χ3n) is 3.09. The molecule has 0 bridgehead atoms. The third-order valence-corrected chi connectivity index (χ3v) is 4.43. The van der Waals surface area contributed by atoms with Crippen LogP contribution in [0.3, 0.4) is 0 Å². The minimum absolute atomic E-state index is 0.0428. The second-order valence-corrected chi connectivity index (χ2v) is 6.33. The molecule has 1 unspecified atom stereocenters. The number of benzene rings is 1. The van der Waals surface area contributed by atoms with E-state index < -0.39 is 0 Å². The number of hydrogen-bond donors (Lipinski definition) is 2. The number of hydrogen-bond acceptors (Lipinski definition) is 4. The fraction of sp³-hybridized carbons (Fsp3) is 0.500. The summed E-state index contributed by atoms with van der Waals surface area (Å²) in [6.07, 6.45) is 3.12. The Balaban J connectivity index is 1.68. The summed E-state index contributed by atoms with van der Waals surface area (Å²) in [4.78, 5) is 11.8. The highest BCUT2D eigenvalue weighted by molar-refractivity contribution is 7.99. The summed E-state index contributed by atoms with van der Waals surface area (Å²) in [6.45, 7) is 0.875. The minimum atomic E-state index is -0.0428. The molecule has 0 spiro atoms. The first-order chi connectivity index (χ1) is 9.65. The average molecular weight is 315 g/mol. The Morgan fingerprint density at radius 1 is 1.55 bits per heavy atom. The fourth-order valence-electron chi connectivity index (χ4n) is 2.00. The minimum Gasteiger partial charge on any atom is -0.397 e. The molecule has 0 radical (unpaired) electrons. The second-order valence-electron chi connectivity index (χ2n) is 4.74. The molecule has 1 aromatic carbocycles. The maximum Gasteiger partial charge on any atom is 0.225 e. The number of nitrogens with two attached hydrogens (primary N) is 1. The van der Waals surface area contributed by atoms with Gasteiger partial charge in [0.25, 0.3) is 0 Å².